The molecule has 34 heavy (non-hydrogen) atoms. The molecule has 1 aromatic carbocycles. The minimum atomic E-state index is -3.95. The zero-order valence-electron chi connectivity index (χ0n) is 19.5. The molecule has 2 aromatic rings. The molecule has 2 aliphatic heterocycles. The standard InChI is InChI=1S/C22H32N4O5S3/c1-24(2)34(29,30)22-11-10-21(32-22)33(27,28)23-19-8-3-4-9-20(19)26-12-6-5-7-18(26)17-25-13-15-31-16-14-25/h3-4,8-11,18,23H,5-7,12-17H2,1-2H3. The number of rotatable bonds is 8. The number of morpholine rings is 1. The molecule has 2 aliphatic rings. The minimum Gasteiger partial charge on any atom is -0.379 e. The number of hydrogen-bond donors (Lipinski definition) is 1. The van der Waals surface area contributed by atoms with E-state index in [0.717, 1.165) is 80.0 Å². The average Bonchev–Trinajstić information content (AvgIpc) is 3.33. The summed E-state index contributed by atoms with van der Waals surface area (Å²) in [5, 5.41) is 0. The quantitative estimate of drug-likeness (QED) is 0.562. The third kappa shape index (κ3) is 5.58. The molecule has 1 unspecified atom stereocenters. The van der Waals surface area contributed by atoms with Crippen molar-refractivity contribution in [2.24, 2.45) is 0 Å². The Balaban J connectivity index is 1.57. The van der Waals surface area contributed by atoms with E-state index in [0.29, 0.717) is 5.69 Å². The van der Waals surface area contributed by atoms with E-state index in [4.69, 9.17) is 4.74 Å². The van der Waals surface area contributed by atoms with Crippen LogP contribution >= 0.6 is 11.3 Å². The highest BCUT2D eigenvalue weighted by Gasteiger charge is 2.29. The lowest BCUT2D eigenvalue weighted by Crippen LogP contribution is -2.49. The number of para-hydroxylation sites is 2. The highest BCUT2D eigenvalue weighted by atomic mass is 32.3. The van der Waals surface area contributed by atoms with Crippen LogP contribution in [-0.2, 0) is 24.8 Å². The average molecular weight is 529 g/mol. The smallest absolute Gasteiger partial charge is 0.271 e. The van der Waals surface area contributed by atoms with E-state index in [1.54, 1.807) is 12.1 Å². The molecule has 0 bridgehead atoms. The summed E-state index contributed by atoms with van der Waals surface area (Å²) in [6, 6.07) is 10.4. The van der Waals surface area contributed by atoms with Crippen LogP contribution in [0.15, 0.2) is 44.8 Å². The first kappa shape index (κ1) is 25.4. The van der Waals surface area contributed by atoms with Crippen molar-refractivity contribution in [3.8, 4) is 0 Å². The predicted octanol–water partition coefficient (Wildman–Crippen LogP) is 2.49. The summed E-state index contributed by atoms with van der Waals surface area (Å²) < 4.78 is 60.4. The topological polar surface area (TPSA) is 99.3 Å². The van der Waals surface area contributed by atoms with E-state index in [-0.39, 0.29) is 14.5 Å². The number of piperidine rings is 1. The van der Waals surface area contributed by atoms with Gasteiger partial charge in [0.1, 0.15) is 8.42 Å². The number of thiophene rings is 1. The second kappa shape index (κ2) is 10.5. The predicted molar refractivity (Wildman–Crippen MR) is 135 cm³/mol. The lowest BCUT2D eigenvalue weighted by molar-refractivity contribution is 0.0339. The number of ether oxygens (including phenoxy) is 1. The van der Waals surface area contributed by atoms with Gasteiger partial charge in [-0.2, -0.15) is 0 Å². The molecule has 0 radical (unpaired) electrons. The van der Waals surface area contributed by atoms with E-state index in [1.807, 2.05) is 12.1 Å². The molecule has 0 spiro atoms. The van der Waals surface area contributed by atoms with Crippen LogP contribution in [0.25, 0.3) is 0 Å². The SMILES string of the molecule is CN(C)S(=O)(=O)c1ccc(S(=O)(=O)Nc2ccccc2N2CCCCC2CN2CCOCC2)s1. The van der Waals surface area contributed by atoms with E-state index in [2.05, 4.69) is 14.5 Å². The van der Waals surface area contributed by atoms with Crippen molar-refractivity contribution in [1.29, 1.82) is 0 Å². The molecule has 0 saturated carbocycles. The second-order valence-electron chi connectivity index (χ2n) is 8.74. The fourth-order valence-corrected chi connectivity index (χ4v) is 8.37. The second-order valence-corrected chi connectivity index (χ2v) is 14.1. The normalized spacial score (nSPS) is 20.6. The zero-order valence-corrected chi connectivity index (χ0v) is 22.0. The van der Waals surface area contributed by atoms with Crippen molar-refractivity contribution in [2.75, 3.05) is 63.1 Å². The molecule has 2 saturated heterocycles. The van der Waals surface area contributed by atoms with Crippen molar-refractivity contribution in [2.45, 2.75) is 33.7 Å². The van der Waals surface area contributed by atoms with Crippen LogP contribution in [0, 0.1) is 0 Å². The number of benzene rings is 1. The summed E-state index contributed by atoms with van der Waals surface area (Å²) >= 11 is 0.747. The fraction of sp³-hybridized carbons (Fsp3) is 0.545. The van der Waals surface area contributed by atoms with Gasteiger partial charge in [-0.05, 0) is 43.5 Å². The Bertz CT molecular complexity index is 1190. The van der Waals surface area contributed by atoms with E-state index >= 15 is 0 Å². The van der Waals surface area contributed by atoms with Gasteiger partial charge in [0, 0.05) is 46.3 Å². The van der Waals surface area contributed by atoms with Gasteiger partial charge in [-0.3, -0.25) is 9.62 Å². The number of nitrogens with one attached hydrogen (secondary N) is 1. The van der Waals surface area contributed by atoms with Gasteiger partial charge in [0.05, 0.1) is 24.6 Å². The van der Waals surface area contributed by atoms with Gasteiger partial charge in [0.2, 0.25) is 0 Å². The molecule has 1 aromatic heterocycles. The third-order valence-corrected chi connectivity index (χ3v) is 11.4. The van der Waals surface area contributed by atoms with Crippen LogP contribution in [0.2, 0.25) is 0 Å². The first-order valence-electron chi connectivity index (χ1n) is 11.4. The molecular formula is C22H32N4O5S3. The largest absolute Gasteiger partial charge is 0.379 e. The van der Waals surface area contributed by atoms with Crippen LogP contribution in [0.1, 0.15) is 19.3 Å². The Morgan fingerprint density at radius 1 is 1.00 bits per heavy atom. The lowest BCUT2D eigenvalue weighted by Gasteiger charge is -2.41. The molecule has 0 aliphatic carbocycles. The molecule has 9 nitrogen and oxygen atoms in total. The van der Waals surface area contributed by atoms with Gasteiger partial charge in [-0.25, -0.2) is 21.1 Å². The minimum absolute atomic E-state index is 0.00670. The van der Waals surface area contributed by atoms with Gasteiger partial charge in [0.25, 0.3) is 20.0 Å². The molecule has 2 fully saturated rings. The molecule has 1 atom stereocenters. The molecule has 0 amide bonds. The van der Waals surface area contributed by atoms with Gasteiger partial charge < -0.3 is 9.64 Å². The van der Waals surface area contributed by atoms with Gasteiger partial charge in [-0.1, -0.05) is 12.1 Å². The Hall–Kier alpha value is -1.70. The summed E-state index contributed by atoms with van der Waals surface area (Å²) in [6.45, 7) is 5.09. The van der Waals surface area contributed by atoms with Crippen molar-refractivity contribution in [3.63, 3.8) is 0 Å². The summed E-state index contributed by atoms with van der Waals surface area (Å²) in [5.41, 5.74) is 1.35. The lowest BCUT2D eigenvalue weighted by atomic mass is 10.00. The van der Waals surface area contributed by atoms with E-state index in [1.165, 1.54) is 26.2 Å². The highest BCUT2D eigenvalue weighted by Crippen LogP contribution is 2.34. The first-order valence-corrected chi connectivity index (χ1v) is 15.1. The van der Waals surface area contributed by atoms with Crippen molar-refractivity contribution in [1.82, 2.24) is 9.21 Å². The van der Waals surface area contributed by atoms with Crippen LogP contribution < -0.4 is 9.62 Å². The maximum atomic E-state index is 13.2. The van der Waals surface area contributed by atoms with Crippen LogP contribution in [0.3, 0.4) is 0 Å². The Morgan fingerprint density at radius 3 is 2.44 bits per heavy atom. The fourth-order valence-electron chi connectivity index (χ4n) is 4.36. The van der Waals surface area contributed by atoms with Crippen LogP contribution in [0.5, 0.6) is 0 Å². The third-order valence-electron chi connectivity index (χ3n) is 6.21. The number of sulfonamides is 2. The molecular weight excluding hydrogens is 496 g/mol. The molecule has 3 heterocycles. The number of hydrogen-bond acceptors (Lipinski definition) is 8. The van der Waals surface area contributed by atoms with Gasteiger partial charge in [-0.15, -0.1) is 11.3 Å². The van der Waals surface area contributed by atoms with Crippen molar-refractivity contribution < 1.29 is 21.6 Å². The van der Waals surface area contributed by atoms with Gasteiger partial charge >= 0.3 is 0 Å². The maximum absolute atomic E-state index is 13.2. The summed E-state index contributed by atoms with van der Waals surface area (Å²) in [6.07, 6.45) is 3.25. The van der Waals surface area contributed by atoms with Crippen molar-refractivity contribution in [3.05, 3.63) is 36.4 Å². The maximum Gasteiger partial charge on any atom is 0.271 e. The van der Waals surface area contributed by atoms with E-state index in [9.17, 15) is 16.8 Å². The summed E-state index contributed by atoms with van der Waals surface area (Å²) in [4.78, 5) is 4.73. The Kier molecular flexibility index (Phi) is 7.85. The molecule has 1 N–H and O–H groups in total. The molecule has 188 valence electrons. The van der Waals surface area contributed by atoms with E-state index < -0.39 is 20.0 Å². The Labute approximate surface area is 206 Å². The first-order chi connectivity index (χ1) is 16.2. The van der Waals surface area contributed by atoms with Gasteiger partial charge in [0.15, 0.2) is 0 Å². The molecule has 4 rings (SSSR count). The monoisotopic (exact) mass is 528 g/mol. The number of anilines is 2. The number of nitrogens with zero attached hydrogens (tertiary/aromatic N) is 3. The van der Waals surface area contributed by atoms with Crippen molar-refractivity contribution >= 4 is 42.8 Å². The summed E-state index contributed by atoms with van der Waals surface area (Å²) in [7, 11) is -4.81. The summed E-state index contributed by atoms with van der Waals surface area (Å²) in [5.74, 6) is 0. The van der Waals surface area contributed by atoms with Crippen LogP contribution in [0.4, 0.5) is 11.4 Å². The highest BCUT2D eigenvalue weighted by molar-refractivity contribution is 7.96. The Morgan fingerprint density at radius 2 is 1.71 bits per heavy atom. The van der Waals surface area contributed by atoms with Crippen LogP contribution in [-0.4, -0.2) is 85.6 Å². The zero-order chi connectivity index (χ0) is 24.3. The molecule has 12 heteroatoms.